The average Bonchev–Trinajstić information content (AvgIpc) is 3.13. The molecule has 5 nitrogen and oxygen atoms in total. The van der Waals surface area contributed by atoms with E-state index in [2.05, 4.69) is 26.2 Å². The van der Waals surface area contributed by atoms with Crippen molar-refractivity contribution in [3.8, 4) is 17.2 Å². The zero-order valence-corrected chi connectivity index (χ0v) is 16.8. The Morgan fingerprint density at radius 2 is 1.89 bits per heavy atom. The first kappa shape index (κ1) is 18.5. The van der Waals surface area contributed by atoms with Gasteiger partial charge in [0.2, 0.25) is 5.89 Å². The summed E-state index contributed by atoms with van der Waals surface area (Å²) in [5.41, 5.74) is 2.64. The molecule has 28 heavy (non-hydrogen) atoms. The number of hydrogen-bond acceptors (Lipinski definition) is 4. The largest absolute Gasteiger partial charge is 0.484 e. The number of aromatic nitrogens is 1. The van der Waals surface area contributed by atoms with Crippen LogP contribution in [0.25, 0.3) is 22.6 Å². The highest BCUT2D eigenvalue weighted by atomic mass is 79.9. The summed E-state index contributed by atoms with van der Waals surface area (Å²) in [4.78, 5) is 16.7. The Bertz CT molecular complexity index is 1110. The van der Waals surface area contributed by atoms with Crippen LogP contribution >= 0.6 is 27.5 Å². The second kappa shape index (κ2) is 8.04. The van der Waals surface area contributed by atoms with E-state index >= 15 is 0 Å². The second-order valence-corrected chi connectivity index (χ2v) is 7.30. The molecule has 140 valence electrons. The van der Waals surface area contributed by atoms with Gasteiger partial charge in [-0.3, -0.25) is 4.79 Å². The number of carbonyl (C=O) groups excluding carboxylic acids is 1. The van der Waals surface area contributed by atoms with Crippen molar-refractivity contribution < 1.29 is 13.9 Å². The molecule has 4 aromatic rings. The quantitative estimate of drug-likeness (QED) is 0.403. The zero-order valence-electron chi connectivity index (χ0n) is 14.5. The van der Waals surface area contributed by atoms with E-state index in [1.54, 1.807) is 30.3 Å². The Hall–Kier alpha value is -2.83. The van der Waals surface area contributed by atoms with Gasteiger partial charge in [0, 0.05) is 10.0 Å². The first-order valence-electron chi connectivity index (χ1n) is 8.42. The highest BCUT2D eigenvalue weighted by Gasteiger charge is 2.12. The summed E-state index contributed by atoms with van der Waals surface area (Å²) in [5, 5.41) is 3.17. The van der Waals surface area contributed by atoms with Crippen LogP contribution in [0.1, 0.15) is 0 Å². The lowest BCUT2D eigenvalue weighted by molar-refractivity contribution is -0.118. The topological polar surface area (TPSA) is 64.4 Å². The van der Waals surface area contributed by atoms with E-state index in [9.17, 15) is 4.79 Å². The molecule has 0 saturated carbocycles. The van der Waals surface area contributed by atoms with Gasteiger partial charge in [0.05, 0.1) is 10.7 Å². The highest BCUT2D eigenvalue weighted by Crippen LogP contribution is 2.30. The lowest BCUT2D eigenvalue weighted by Crippen LogP contribution is -2.20. The molecule has 0 aliphatic rings. The van der Waals surface area contributed by atoms with Crippen molar-refractivity contribution in [2.45, 2.75) is 0 Å². The Balaban J connectivity index is 1.49. The molecule has 1 aromatic heterocycles. The van der Waals surface area contributed by atoms with Crippen LogP contribution in [0.4, 0.5) is 5.69 Å². The maximum atomic E-state index is 12.3. The smallest absolute Gasteiger partial charge is 0.262 e. The Morgan fingerprint density at radius 1 is 1.11 bits per heavy atom. The second-order valence-electron chi connectivity index (χ2n) is 5.97. The molecule has 4 rings (SSSR count). The van der Waals surface area contributed by atoms with Crippen molar-refractivity contribution in [2.24, 2.45) is 0 Å². The third-order valence-corrected chi connectivity index (χ3v) is 4.82. The molecule has 1 amide bonds. The first-order valence-corrected chi connectivity index (χ1v) is 9.59. The van der Waals surface area contributed by atoms with Crippen LogP contribution in [0, 0.1) is 0 Å². The number of amides is 1. The number of halogens is 2. The van der Waals surface area contributed by atoms with Crippen LogP contribution in [0.15, 0.2) is 75.6 Å². The summed E-state index contributed by atoms with van der Waals surface area (Å²) >= 11 is 9.58. The fourth-order valence-electron chi connectivity index (χ4n) is 2.62. The standard InChI is InChI=1S/C21H14BrClN2O3/c22-14-6-8-15(9-7-14)27-12-20(26)24-18-11-13(5-10-16(18)23)21-25-17-3-1-2-4-19(17)28-21/h1-11H,12H2,(H,24,26). The molecule has 0 saturated heterocycles. The maximum Gasteiger partial charge on any atom is 0.262 e. The molecule has 0 unspecified atom stereocenters. The van der Waals surface area contributed by atoms with E-state index in [0.717, 1.165) is 9.99 Å². The van der Waals surface area contributed by atoms with Crippen molar-refractivity contribution in [3.63, 3.8) is 0 Å². The fourth-order valence-corrected chi connectivity index (χ4v) is 3.04. The van der Waals surface area contributed by atoms with Crippen molar-refractivity contribution in [1.29, 1.82) is 0 Å². The van der Waals surface area contributed by atoms with Gasteiger partial charge >= 0.3 is 0 Å². The number of nitrogens with zero attached hydrogens (tertiary/aromatic N) is 1. The molecule has 0 fully saturated rings. The van der Waals surface area contributed by atoms with Crippen LogP contribution in [-0.2, 0) is 4.79 Å². The lowest BCUT2D eigenvalue weighted by atomic mass is 10.2. The summed E-state index contributed by atoms with van der Waals surface area (Å²) in [6.07, 6.45) is 0. The van der Waals surface area contributed by atoms with Gasteiger partial charge in [-0.05, 0) is 54.6 Å². The number of hydrogen-bond donors (Lipinski definition) is 1. The van der Waals surface area contributed by atoms with Crippen molar-refractivity contribution in [3.05, 3.63) is 76.2 Å². The molecule has 0 spiro atoms. The Labute approximate surface area is 174 Å². The summed E-state index contributed by atoms with van der Waals surface area (Å²) in [5.74, 6) is 0.740. The van der Waals surface area contributed by atoms with Gasteiger partial charge in [-0.25, -0.2) is 4.98 Å². The highest BCUT2D eigenvalue weighted by molar-refractivity contribution is 9.10. The van der Waals surface area contributed by atoms with Gasteiger partial charge in [0.15, 0.2) is 12.2 Å². The number of oxazole rings is 1. The van der Waals surface area contributed by atoms with E-state index in [-0.39, 0.29) is 12.5 Å². The van der Waals surface area contributed by atoms with Crippen LogP contribution in [-0.4, -0.2) is 17.5 Å². The summed E-state index contributed by atoms with van der Waals surface area (Å²) in [6.45, 7) is -0.134. The van der Waals surface area contributed by atoms with Gasteiger partial charge in [0.25, 0.3) is 5.91 Å². The molecule has 0 radical (unpaired) electrons. The summed E-state index contributed by atoms with van der Waals surface area (Å²) in [7, 11) is 0. The maximum absolute atomic E-state index is 12.3. The fraction of sp³-hybridized carbons (Fsp3) is 0.0476. The van der Waals surface area contributed by atoms with Crippen LogP contribution in [0.2, 0.25) is 5.02 Å². The van der Waals surface area contributed by atoms with Gasteiger partial charge in [-0.1, -0.05) is 39.7 Å². The molecule has 3 aromatic carbocycles. The van der Waals surface area contributed by atoms with E-state index in [0.29, 0.717) is 33.5 Å². The number of ether oxygens (including phenoxy) is 1. The minimum absolute atomic E-state index is 0.134. The Kier molecular flexibility index (Phi) is 5.32. The van der Waals surface area contributed by atoms with E-state index in [1.807, 2.05) is 36.4 Å². The third-order valence-electron chi connectivity index (χ3n) is 3.96. The number of fused-ring (bicyclic) bond motifs is 1. The van der Waals surface area contributed by atoms with E-state index in [4.69, 9.17) is 20.8 Å². The predicted molar refractivity (Wildman–Crippen MR) is 113 cm³/mol. The number of rotatable bonds is 5. The number of anilines is 1. The SMILES string of the molecule is O=C(COc1ccc(Br)cc1)Nc1cc(-c2nc3ccccc3o2)ccc1Cl. The normalized spacial score (nSPS) is 10.8. The third kappa shape index (κ3) is 4.18. The number of carbonyl (C=O) groups is 1. The minimum atomic E-state index is -0.320. The Morgan fingerprint density at radius 3 is 2.68 bits per heavy atom. The first-order chi connectivity index (χ1) is 13.6. The molecule has 1 heterocycles. The van der Waals surface area contributed by atoms with Gasteiger partial charge in [-0.15, -0.1) is 0 Å². The number of para-hydroxylation sites is 2. The molecule has 0 atom stereocenters. The summed E-state index contributed by atoms with van der Waals surface area (Å²) < 4.78 is 12.2. The number of benzene rings is 3. The summed E-state index contributed by atoms with van der Waals surface area (Å²) in [6, 6.07) is 20.0. The molecule has 0 aliphatic heterocycles. The molecule has 7 heteroatoms. The number of nitrogens with one attached hydrogen (secondary N) is 1. The minimum Gasteiger partial charge on any atom is -0.484 e. The molecule has 1 N–H and O–H groups in total. The molecular formula is C21H14BrClN2O3. The van der Waals surface area contributed by atoms with Gasteiger partial charge in [-0.2, -0.15) is 0 Å². The van der Waals surface area contributed by atoms with Crippen LogP contribution in [0.5, 0.6) is 5.75 Å². The van der Waals surface area contributed by atoms with E-state index < -0.39 is 0 Å². The van der Waals surface area contributed by atoms with Crippen molar-refractivity contribution >= 4 is 50.2 Å². The lowest BCUT2D eigenvalue weighted by Gasteiger charge is -2.10. The molecule has 0 bridgehead atoms. The van der Waals surface area contributed by atoms with Crippen LogP contribution < -0.4 is 10.1 Å². The zero-order chi connectivity index (χ0) is 19.5. The van der Waals surface area contributed by atoms with Crippen LogP contribution in [0.3, 0.4) is 0 Å². The van der Waals surface area contributed by atoms with Crippen molar-refractivity contribution in [2.75, 3.05) is 11.9 Å². The van der Waals surface area contributed by atoms with Crippen molar-refractivity contribution in [1.82, 2.24) is 4.98 Å². The van der Waals surface area contributed by atoms with Gasteiger partial charge < -0.3 is 14.5 Å². The van der Waals surface area contributed by atoms with E-state index in [1.165, 1.54) is 0 Å². The predicted octanol–water partition coefficient (Wildman–Crippen LogP) is 5.93. The molecule has 0 aliphatic carbocycles. The average molecular weight is 458 g/mol. The monoisotopic (exact) mass is 456 g/mol. The van der Waals surface area contributed by atoms with Gasteiger partial charge in [0.1, 0.15) is 11.3 Å². The molecular weight excluding hydrogens is 444 g/mol.